The fourth-order valence-electron chi connectivity index (χ4n) is 4.96. The lowest BCUT2D eigenvalue weighted by molar-refractivity contribution is -0.164. The van der Waals surface area contributed by atoms with Gasteiger partial charge in [0, 0.05) is 36.1 Å². The first-order chi connectivity index (χ1) is 12.3. The molecule has 4 aliphatic rings. The third kappa shape index (κ3) is 2.38. The monoisotopic (exact) mass is 343 g/mol. The lowest BCUT2D eigenvalue weighted by Gasteiger charge is -2.61. The number of fused-ring (bicyclic) bond motifs is 3. The lowest BCUT2D eigenvalue weighted by Crippen LogP contribution is -2.65. The van der Waals surface area contributed by atoms with E-state index < -0.39 is 0 Å². The van der Waals surface area contributed by atoms with Gasteiger partial charge in [-0.2, -0.15) is 0 Å². The first-order valence-corrected chi connectivity index (χ1v) is 9.38. The van der Waals surface area contributed by atoms with Gasteiger partial charge in [0.1, 0.15) is 0 Å². The van der Waals surface area contributed by atoms with Gasteiger partial charge < -0.3 is 25.3 Å². The van der Waals surface area contributed by atoms with E-state index in [1.54, 1.807) is 0 Å². The van der Waals surface area contributed by atoms with Gasteiger partial charge in [-0.3, -0.25) is 0 Å². The Morgan fingerprint density at radius 1 is 1.12 bits per heavy atom. The first kappa shape index (κ1) is 15.3. The molecular weight excluding hydrogens is 318 g/mol. The van der Waals surface area contributed by atoms with Crippen molar-refractivity contribution < 1.29 is 14.2 Å². The number of rotatable bonds is 2. The van der Waals surface area contributed by atoms with Crippen LogP contribution < -0.4 is 20.5 Å². The smallest absolute Gasteiger partial charge is 0.193 e. The summed E-state index contributed by atoms with van der Waals surface area (Å²) in [7, 11) is 0. The van der Waals surface area contributed by atoms with Crippen LogP contribution in [-0.4, -0.2) is 37.9 Å². The summed E-state index contributed by atoms with van der Waals surface area (Å²) in [4.78, 5) is 4.86. The molecule has 2 saturated carbocycles. The van der Waals surface area contributed by atoms with E-state index in [4.69, 9.17) is 24.9 Å². The van der Waals surface area contributed by atoms with Gasteiger partial charge in [-0.05, 0) is 31.4 Å². The summed E-state index contributed by atoms with van der Waals surface area (Å²) >= 11 is 0. The molecule has 6 heteroatoms. The Morgan fingerprint density at radius 3 is 2.76 bits per heavy atom. The molecule has 0 radical (unpaired) electrons. The number of nitrogens with two attached hydrogens (primary N) is 1. The zero-order valence-corrected chi connectivity index (χ0v) is 14.4. The normalized spacial score (nSPS) is 32.3. The van der Waals surface area contributed by atoms with Crippen molar-refractivity contribution in [3.05, 3.63) is 18.2 Å². The molecule has 2 heterocycles. The Kier molecular flexibility index (Phi) is 3.55. The van der Waals surface area contributed by atoms with E-state index in [-0.39, 0.29) is 5.41 Å². The van der Waals surface area contributed by atoms with Crippen LogP contribution in [-0.2, 0) is 4.74 Å². The van der Waals surface area contributed by atoms with Crippen LogP contribution in [0, 0.1) is 11.3 Å². The molecular formula is C19H25N3O3. The maximum atomic E-state index is 6.23. The lowest BCUT2D eigenvalue weighted by atomic mass is 9.46. The second kappa shape index (κ2) is 5.80. The molecule has 3 fully saturated rings. The first-order valence-electron chi connectivity index (χ1n) is 9.38. The molecule has 0 aromatic heterocycles. The maximum absolute atomic E-state index is 6.23. The minimum absolute atomic E-state index is 0.262. The van der Waals surface area contributed by atoms with Crippen LogP contribution in [0.15, 0.2) is 23.2 Å². The van der Waals surface area contributed by atoms with Gasteiger partial charge in [-0.15, -0.1) is 0 Å². The highest BCUT2D eigenvalue weighted by atomic mass is 16.5. The number of aliphatic imine (C=N–C) groups is 1. The fraction of sp³-hybridized carbons (Fsp3) is 0.632. The molecule has 1 saturated heterocycles. The minimum atomic E-state index is 0.262. The Labute approximate surface area is 147 Å². The molecule has 3 N–H and O–H groups in total. The van der Waals surface area contributed by atoms with Crippen LogP contribution in [0.1, 0.15) is 32.1 Å². The predicted molar refractivity (Wildman–Crippen MR) is 95.2 cm³/mol. The number of anilines is 1. The molecule has 3 unspecified atom stereocenters. The van der Waals surface area contributed by atoms with Crippen molar-refractivity contribution in [1.29, 1.82) is 0 Å². The Bertz CT molecular complexity index is 701. The summed E-state index contributed by atoms with van der Waals surface area (Å²) < 4.78 is 17.4. The molecule has 3 atom stereocenters. The summed E-state index contributed by atoms with van der Waals surface area (Å²) in [6.45, 7) is 2.24. The molecule has 1 aromatic carbocycles. The van der Waals surface area contributed by atoms with Crippen molar-refractivity contribution in [2.24, 2.45) is 22.1 Å². The largest absolute Gasteiger partial charge is 0.490 e. The molecule has 0 amide bonds. The van der Waals surface area contributed by atoms with Crippen LogP contribution >= 0.6 is 0 Å². The SMILES string of the molecule is NC(=NC1C2CCOC2C12CCC2)Nc1ccc2c(c1)OCCCO2. The van der Waals surface area contributed by atoms with E-state index in [0.717, 1.165) is 36.6 Å². The van der Waals surface area contributed by atoms with Crippen molar-refractivity contribution in [3.63, 3.8) is 0 Å². The molecule has 1 spiro atoms. The number of nitrogens with one attached hydrogen (secondary N) is 1. The van der Waals surface area contributed by atoms with Crippen LogP contribution in [0.4, 0.5) is 5.69 Å². The third-order valence-electron chi connectivity index (χ3n) is 6.28. The Balaban J connectivity index is 1.32. The molecule has 134 valence electrons. The van der Waals surface area contributed by atoms with E-state index in [0.29, 0.717) is 37.2 Å². The highest BCUT2D eigenvalue weighted by Crippen LogP contribution is 2.64. The van der Waals surface area contributed by atoms with Crippen molar-refractivity contribution in [2.75, 3.05) is 25.1 Å². The van der Waals surface area contributed by atoms with Gasteiger partial charge in [-0.1, -0.05) is 6.42 Å². The number of nitrogens with zero attached hydrogens (tertiary/aromatic N) is 1. The van der Waals surface area contributed by atoms with Crippen molar-refractivity contribution in [1.82, 2.24) is 0 Å². The van der Waals surface area contributed by atoms with E-state index in [1.165, 1.54) is 19.3 Å². The molecule has 0 bridgehead atoms. The Hall–Kier alpha value is -1.95. The van der Waals surface area contributed by atoms with E-state index in [9.17, 15) is 0 Å². The summed E-state index contributed by atoms with van der Waals surface area (Å²) in [6.07, 6.45) is 6.15. The number of hydrogen-bond acceptors (Lipinski definition) is 4. The van der Waals surface area contributed by atoms with E-state index in [1.807, 2.05) is 18.2 Å². The molecule has 2 aliphatic heterocycles. The zero-order chi connectivity index (χ0) is 16.9. The standard InChI is InChI=1S/C19H25N3O3/c20-18(21-12-3-4-14-15(11-12)24-9-2-8-23-14)22-16-13-5-10-25-17(13)19(16)6-1-7-19/h3-4,11,13,16-17H,1-2,5-10H2,(H3,20,21,22). The third-order valence-corrected chi connectivity index (χ3v) is 6.28. The van der Waals surface area contributed by atoms with Gasteiger partial charge in [0.05, 0.1) is 25.4 Å². The average Bonchev–Trinajstić information content (AvgIpc) is 2.83. The summed E-state index contributed by atoms with van der Waals surface area (Å²) in [5, 5.41) is 3.23. The van der Waals surface area contributed by atoms with Crippen molar-refractivity contribution in [2.45, 2.75) is 44.2 Å². The molecule has 1 aromatic rings. The topological polar surface area (TPSA) is 78.1 Å². The fourth-order valence-corrected chi connectivity index (χ4v) is 4.96. The molecule has 25 heavy (non-hydrogen) atoms. The highest BCUT2D eigenvalue weighted by Gasteiger charge is 2.66. The van der Waals surface area contributed by atoms with Crippen LogP contribution in [0.3, 0.4) is 0 Å². The van der Waals surface area contributed by atoms with Crippen molar-refractivity contribution >= 4 is 11.6 Å². The molecule has 5 rings (SSSR count). The molecule has 2 aliphatic carbocycles. The summed E-state index contributed by atoms with van der Waals surface area (Å²) in [5.41, 5.74) is 7.38. The maximum Gasteiger partial charge on any atom is 0.193 e. The van der Waals surface area contributed by atoms with Gasteiger partial charge in [-0.25, -0.2) is 4.99 Å². The van der Waals surface area contributed by atoms with Gasteiger partial charge >= 0.3 is 0 Å². The second-order valence-electron chi connectivity index (χ2n) is 7.63. The van der Waals surface area contributed by atoms with Crippen LogP contribution in [0.25, 0.3) is 0 Å². The van der Waals surface area contributed by atoms with Crippen LogP contribution in [0.2, 0.25) is 0 Å². The quantitative estimate of drug-likeness (QED) is 0.637. The highest BCUT2D eigenvalue weighted by molar-refractivity contribution is 5.92. The van der Waals surface area contributed by atoms with Gasteiger partial charge in [0.15, 0.2) is 17.5 Å². The number of hydrogen-bond donors (Lipinski definition) is 2. The van der Waals surface area contributed by atoms with Crippen molar-refractivity contribution in [3.8, 4) is 11.5 Å². The van der Waals surface area contributed by atoms with Gasteiger partial charge in [0.25, 0.3) is 0 Å². The number of ether oxygens (including phenoxy) is 3. The Morgan fingerprint density at radius 2 is 1.96 bits per heavy atom. The minimum Gasteiger partial charge on any atom is -0.490 e. The second-order valence-corrected chi connectivity index (χ2v) is 7.63. The van der Waals surface area contributed by atoms with E-state index >= 15 is 0 Å². The van der Waals surface area contributed by atoms with Crippen LogP contribution in [0.5, 0.6) is 11.5 Å². The number of benzene rings is 1. The van der Waals surface area contributed by atoms with E-state index in [2.05, 4.69) is 5.32 Å². The van der Waals surface area contributed by atoms with Gasteiger partial charge in [0.2, 0.25) is 0 Å². The number of guanidine groups is 1. The molecule has 6 nitrogen and oxygen atoms in total. The average molecular weight is 343 g/mol. The zero-order valence-electron chi connectivity index (χ0n) is 14.4. The summed E-state index contributed by atoms with van der Waals surface area (Å²) in [5.74, 6) is 2.58. The summed E-state index contributed by atoms with van der Waals surface area (Å²) in [6, 6.07) is 6.12. The predicted octanol–water partition coefficient (Wildman–Crippen LogP) is 2.53.